The van der Waals surface area contributed by atoms with Gasteiger partial charge in [0.05, 0.1) is 22.3 Å². The fourth-order valence-corrected chi connectivity index (χ4v) is 2.66. The highest BCUT2D eigenvalue weighted by Gasteiger charge is 2.10. The van der Waals surface area contributed by atoms with Gasteiger partial charge >= 0.3 is 0 Å². The number of methoxy groups -OCH3 is 1. The molecule has 2 aromatic carbocycles. The topological polar surface area (TPSA) is 67.4 Å². The Kier molecular flexibility index (Phi) is 5.63. The van der Waals surface area contributed by atoms with Gasteiger partial charge in [-0.05, 0) is 52.3 Å². The molecule has 0 radical (unpaired) electrons. The third kappa shape index (κ3) is 4.46. The van der Waals surface area contributed by atoms with E-state index in [0.717, 1.165) is 0 Å². The number of ether oxygens (including phenoxy) is 1. The van der Waals surface area contributed by atoms with Crippen LogP contribution in [0.5, 0.6) is 5.75 Å². The number of benzene rings is 2. The van der Waals surface area contributed by atoms with Crippen LogP contribution in [0.25, 0.3) is 0 Å². The van der Waals surface area contributed by atoms with Crippen molar-refractivity contribution in [1.29, 1.82) is 0 Å². The molecule has 2 amide bonds. The van der Waals surface area contributed by atoms with Crippen LogP contribution in [-0.4, -0.2) is 18.9 Å². The van der Waals surface area contributed by atoms with Crippen molar-refractivity contribution in [3.63, 3.8) is 0 Å². The number of carbonyl (C=O) groups excluding carboxylic acids is 2. The maximum atomic E-state index is 12.3. The molecule has 5 nitrogen and oxygen atoms in total. The maximum Gasteiger partial charge on any atom is 0.255 e. The normalized spacial score (nSPS) is 10.1. The van der Waals surface area contributed by atoms with Crippen molar-refractivity contribution < 1.29 is 14.3 Å². The molecule has 0 bridgehead atoms. The van der Waals surface area contributed by atoms with Crippen LogP contribution in [0.3, 0.4) is 0 Å². The second kappa shape index (κ2) is 7.48. The summed E-state index contributed by atoms with van der Waals surface area (Å²) in [6.45, 7) is 1.40. The van der Waals surface area contributed by atoms with Gasteiger partial charge in [0.15, 0.2) is 0 Å². The van der Waals surface area contributed by atoms with Gasteiger partial charge in [-0.2, -0.15) is 0 Å². The fourth-order valence-electron chi connectivity index (χ4n) is 1.89. The quantitative estimate of drug-likeness (QED) is 0.807. The molecule has 0 saturated carbocycles. The van der Waals surface area contributed by atoms with Crippen molar-refractivity contribution in [3.05, 3.63) is 51.5 Å². The lowest BCUT2D eigenvalue weighted by atomic mass is 10.2. The van der Waals surface area contributed by atoms with Crippen LogP contribution in [0.15, 0.2) is 40.9 Å². The third-order valence-corrected chi connectivity index (χ3v) is 3.88. The van der Waals surface area contributed by atoms with E-state index < -0.39 is 0 Å². The maximum absolute atomic E-state index is 12.3. The van der Waals surface area contributed by atoms with Crippen molar-refractivity contribution in [2.24, 2.45) is 0 Å². The molecule has 0 aromatic heterocycles. The zero-order chi connectivity index (χ0) is 17.0. The Morgan fingerprint density at radius 1 is 1.13 bits per heavy atom. The molecule has 0 aliphatic carbocycles. The van der Waals surface area contributed by atoms with Gasteiger partial charge in [0.25, 0.3) is 5.91 Å². The predicted octanol–water partition coefficient (Wildman–Crippen LogP) is 4.32. The summed E-state index contributed by atoms with van der Waals surface area (Å²) in [7, 11) is 1.55. The number of rotatable bonds is 4. The molecule has 0 aliphatic rings. The Balaban J connectivity index is 2.15. The zero-order valence-corrected chi connectivity index (χ0v) is 14.8. The number of hydrogen-bond donors (Lipinski definition) is 2. The van der Waals surface area contributed by atoms with Crippen molar-refractivity contribution in [2.45, 2.75) is 6.92 Å². The zero-order valence-electron chi connectivity index (χ0n) is 12.4. The molecule has 120 valence electrons. The van der Waals surface area contributed by atoms with Crippen LogP contribution < -0.4 is 15.4 Å². The molecule has 0 spiro atoms. The molecule has 7 heteroatoms. The van der Waals surface area contributed by atoms with Crippen LogP contribution >= 0.6 is 27.5 Å². The Morgan fingerprint density at radius 3 is 2.43 bits per heavy atom. The van der Waals surface area contributed by atoms with Gasteiger partial charge in [-0.25, -0.2) is 0 Å². The Morgan fingerprint density at radius 2 is 1.87 bits per heavy atom. The van der Waals surface area contributed by atoms with Crippen molar-refractivity contribution >= 4 is 50.7 Å². The van der Waals surface area contributed by atoms with Gasteiger partial charge in [0.2, 0.25) is 5.91 Å². The first-order valence-electron chi connectivity index (χ1n) is 6.62. The first-order chi connectivity index (χ1) is 10.9. The predicted molar refractivity (Wildman–Crippen MR) is 94.4 cm³/mol. The van der Waals surface area contributed by atoms with E-state index in [2.05, 4.69) is 26.6 Å². The van der Waals surface area contributed by atoms with E-state index >= 15 is 0 Å². The summed E-state index contributed by atoms with van der Waals surface area (Å²) >= 11 is 9.42. The Labute approximate surface area is 147 Å². The summed E-state index contributed by atoms with van der Waals surface area (Å²) in [5.74, 6) is 0.146. The average Bonchev–Trinajstić information content (AvgIpc) is 2.49. The Hall–Kier alpha value is -2.05. The molecule has 0 fully saturated rings. The third-order valence-electron chi connectivity index (χ3n) is 2.95. The van der Waals surface area contributed by atoms with Crippen molar-refractivity contribution in [3.8, 4) is 5.75 Å². The van der Waals surface area contributed by atoms with Gasteiger partial charge in [-0.15, -0.1) is 0 Å². The van der Waals surface area contributed by atoms with Gasteiger partial charge in [-0.3, -0.25) is 9.59 Å². The molecular formula is C16H14BrClN2O3. The van der Waals surface area contributed by atoms with Crippen molar-refractivity contribution in [1.82, 2.24) is 0 Å². The smallest absolute Gasteiger partial charge is 0.255 e. The van der Waals surface area contributed by atoms with Crippen LogP contribution in [0.2, 0.25) is 5.02 Å². The number of anilines is 2. The Bertz CT molecular complexity index is 765. The molecule has 0 atom stereocenters. The largest absolute Gasteiger partial charge is 0.496 e. The van der Waals surface area contributed by atoms with E-state index in [1.165, 1.54) is 6.92 Å². The van der Waals surface area contributed by atoms with E-state index in [9.17, 15) is 9.59 Å². The molecule has 2 N–H and O–H groups in total. The van der Waals surface area contributed by atoms with E-state index in [-0.39, 0.29) is 11.8 Å². The van der Waals surface area contributed by atoms with E-state index in [0.29, 0.717) is 32.2 Å². The number of nitrogens with one attached hydrogen (secondary N) is 2. The minimum atomic E-state index is -0.281. The SMILES string of the molecule is COc1ccc(C(=O)Nc2ccc(NC(C)=O)c(Cl)c2)cc1Br. The number of carbonyl (C=O) groups is 2. The summed E-state index contributed by atoms with van der Waals surface area (Å²) in [6, 6.07) is 9.89. The van der Waals surface area contributed by atoms with E-state index in [4.69, 9.17) is 16.3 Å². The summed E-state index contributed by atoms with van der Waals surface area (Å²) in [5, 5.41) is 5.69. The minimum absolute atomic E-state index is 0.216. The van der Waals surface area contributed by atoms with Crippen molar-refractivity contribution in [2.75, 3.05) is 17.7 Å². The molecule has 0 aliphatic heterocycles. The molecule has 0 unspecified atom stereocenters. The second-order valence-corrected chi connectivity index (χ2v) is 5.94. The number of hydrogen-bond acceptors (Lipinski definition) is 3. The van der Waals surface area contributed by atoms with Gasteiger partial charge in [-0.1, -0.05) is 11.6 Å². The lowest BCUT2D eigenvalue weighted by molar-refractivity contribution is -0.114. The second-order valence-electron chi connectivity index (χ2n) is 4.68. The molecular weight excluding hydrogens is 384 g/mol. The van der Waals surface area contributed by atoms with Gasteiger partial charge < -0.3 is 15.4 Å². The first-order valence-corrected chi connectivity index (χ1v) is 7.80. The highest BCUT2D eigenvalue weighted by molar-refractivity contribution is 9.10. The standard InChI is InChI=1S/C16H14BrClN2O3/c1-9(21)19-14-5-4-11(8-13(14)18)20-16(22)10-3-6-15(23-2)12(17)7-10/h3-8H,1-2H3,(H,19,21)(H,20,22). The van der Waals surface area contributed by atoms with Crippen LogP contribution in [0.1, 0.15) is 17.3 Å². The number of amides is 2. The first kappa shape index (κ1) is 17.3. The summed E-state index contributed by atoms with van der Waals surface area (Å²) in [4.78, 5) is 23.3. The summed E-state index contributed by atoms with van der Waals surface area (Å²) in [6.07, 6.45) is 0. The summed E-state index contributed by atoms with van der Waals surface area (Å²) in [5.41, 5.74) is 1.49. The molecule has 2 rings (SSSR count). The van der Waals surface area contributed by atoms with E-state index in [1.54, 1.807) is 43.5 Å². The molecule has 0 saturated heterocycles. The highest BCUT2D eigenvalue weighted by Crippen LogP contribution is 2.28. The van der Waals surface area contributed by atoms with Gasteiger partial charge in [0.1, 0.15) is 5.75 Å². The molecule has 0 heterocycles. The lowest BCUT2D eigenvalue weighted by Crippen LogP contribution is -2.12. The monoisotopic (exact) mass is 396 g/mol. The lowest BCUT2D eigenvalue weighted by Gasteiger charge is -2.10. The molecule has 2 aromatic rings. The molecule has 23 heavy (non-hydrogen) atoms. The fraction of sp³-hybridized carbons (Fsp3) is 0.125. The van der Waals surface area contributed by atoms with Gasteiger partial charge in [0, 0.05) is 18.2 Å². The summed E-state index contributed by atoms with van der Waals surface area (Å²) < 4.78 is 5.81. The van der Waals surface area contributed by atoms with Crippen LogP contribution in [0, 0.1) is 0 Å². The average molecular weight is 398 g/mol. The van der Waals surface area contributed by atoms with Crippen LogP contribution in [-0.2, 0) is 4.79 Å². The highest BCUT2D eigenvalue weighted by atomic mass is 79.9. The minimum Gasteiger partial charge on any atom is -0.496 e. The van der Waals surface area contributed by atoms with E-state index in [1.807, 2.05) is 0 Å². The number of halogens is 2. The van der Waals surface area contributed by atoms with Crippen LogP contribution in [0.4, 0.5) is 11.4 Å².